The molecule has 0 atom stereocenters. The average molecular weight is 197 g/mol. The molecule has 0 unspecified atom stereocenters. The average Bonchev–Trinajstić information content (AvgIpc) is 2.06. The number of nitrogens with one attached hydrogen (secondary N) is 1. The number of hydrogen-bond acceptors (Lipinski definition) is 2. The van der Waals surface area contributed by atoms with Gasteiger partial charge in [-0.05, 0) is 18.1 Å². The maximum atomic E-state index is 6.18. The van der Waals surface area contributed by atoms with Crippen molar-refractivity contribution in [2.45, 2.75) is 12.5 Å². The van der Waals surface area contributed by atoms with Crippen molar-refractivity contribution in [3.63, 3.8) is 0 Å². The SMILES string of the molecule is Cc1cccc(C2(N)CNC2)c1Cl. The molecule has 70 valence electrons. The number of rotatable bonds is 1. The van der Waals surface area contributed by atoms with Gasteiger partial charge in [0.2, 0.25) is 0 Å². The lowest BCUT2D eigenvalue weighted by atomic mass is 9.85. The summed E-state index contributed by atoms with van der Waals surface area (Å²) in [5.41, 5.74) is 8.06. The molecule has 0 radical (unpaired) electrons. The van der Waals surface area contributed by atoms with Crippen LogP contribution in [0.2, 0.25) is 5.02 Å². The van der Waals surface area contributed by atoms with Crippen LogP contribution in [-0.2, 0) is 5.54 Å². The molecular formula is C10H13ClN2. The fourth-order valence-corrected chi connectivity index (χ4v) is 1.93. The van der Waals surface area contributed by atoms with Crippen molar-refractivity contribution in [3.8, 4) is 0 Å². The third-order valence-electron chi connectivity index (χ3n) is 2.61. The van der Waals surface area contributed by atoms with Gasteiger partial charge in [-0.2, -0.15) is 0 Å². The molecule has 1 aromatic rings. The van der Waals surface area contributed by atoms with E-state index in [2.05, 4.69) is 5.32 Å². The number of benzene rings is 1. The van der Waals surface area contributed by atoms with Gasteiger partial charge in [0.25, 0.3) is 0 Å². The van der Waals surface area contributed by atoms with E-state index in [1.54, 1.807) is 0 Å². The number of hydrogen-bond donors (Lipinski definition) is 2. The summed E-state index contributed by atoms with van der Waals surface area (Å²) in [6, 6.07) is 6.01. The maximum Gasteiger partial charge on any atom is 0.0677 e. The lowest BCUT2D eigenvalue weighted by Crippen LogP contribution is -2.62. The van der Waals surface area contributed by atoms with Crippen LogP contribution in [0.4, 0.5) is 0 Å². The number of nitrogens with two attached hydrogens (primary N) is 1. The third kappa shape index (κ3) is 1.35. The van der Waals surface area contributed by atoms with Gasteiger partial charge in [-0.1, -0.05) is 29.8 Å². The van der Waals surface area contributed by atoms with E-state index in [1.165, 1.54) is 0 Å². The Labute approximate surface area is 83.1 Å². The number of aryl methyl sites for hydroxylation is 1. The van der Waals surface area contributed by atoms with E-state index in [4.69, 9.17) is 17.3 Å². The molecule has 3 heteroatoms. The van der Waals surface area contributed by atoms with Crippen molar-refractivity contribution in [2.24, 2.45) is 5.73 Å². The summed E-state index contributed by atoms with van der Waals surface area (Å²) in [5, 5.41) is 3.97. The Morgan fingerprint density at radius 1 is 1.46 bits per heavy atom. The molecule has 0 spiro atoms. The Bertz CT molecular complexity index is 332. The normalized spacial score (nSPS) is 19.6. The Morgan fingerprint density at radius 3 is 2.69 bits per heavy atom. The van der Waals surface area contributed by atoms with Crippen LogP contribution in [0, 0.1) is 6.92 Å². The van der Waals surface area contributed by atoms with Gasteiger partial charge >= 0.3 is 0 Å². The van der Waals surface area contributed by atoms with Crippen LogP contribution in [-0.4, -0.2) is 13.1 Å². The topological polar surface area (TPSA) is 38.0 Å². The summed E-state index contributed by atoms with van der Waals surface area (Å²) < 4.78 is 0. The summed E-state index contributed by atoms with van der Waals surface area (Å²) in [6.45, 7) is 3.63. The van der Waals surface area contributed by atoms with Gasteiger partial charge in [0.15, 0.2) is 0 Å². The van der Waals surface area contributed by atoms with Crippen LogP contribution in [0.15, 0.2) is 18.2 Å². The molecule has 1 aliphatic heterocycles. The second-order valence-electron chi connectivity index (χ2n) is 3.70. The van der Waals surface area contributed by atoms with Crippen LogP contribution in [0.3, 0.4) is 0 Å². The fourth-order valence-electron chi connectivity index (χ4n) is 1.62. The van der Waals surface area contributed by atoms with Crippen molar-refractivity contribution in [3.05, 3.63) is 34.3 Å². The van der Waals surface area contributed by atoms with Gasteiger partial charge in [-0.25, -0.2) is 0 Å². The zero-order valence-electron chi connectivity index (χ0n) is 7.60. The van der Waals surface area contributed by atoms with Gasteiger partial charge in [-0.15, -0.1) is 0 Å². The first-order valence-electron chi connectivity index (χ1n) is 4.39. The highest BCUT2D eigenvalue weighted by molar-refractivity contribution is 6.32. The van der Waals surface area contributed by atoms with Crippen molar-refractivity contribution in [1.82, 2.24) is 5.32 Å². The van der Waals surface area contributed by atoms with E-state index in [0.29, 0.717) is 0 Å². The molecule has 0 aliphatic carbocycles. The van der Waals surface area contributed by atoms with E-state index in [9.17, 15) is 0 Å². The molecule has 0 saturated carbocycles. The second-order valence-corrected chi connectivity index (χ2v) is 4.07. The van der Waals surface area contributed by atoms with E-state index >= 15 is 0 Å². The molecule has 2 rings (SSSR count). The van der Waals surface area contributed by atoms with Crippen LogP contribution in [0.1, 0.15) is 11.1 Å². The summed E-state index contributed by atoms with van der Waals surface area (Å²) in [4.78, 5) is 0. The molecule has 1 aromatic carbocycles. The van der Waals surface area contributed by atoms with Gasteiger partial charge in [0, 0.05) is 18.1 Å². The first-order chi connectivity index (χ1) is 6.13. The smallest absolute Gasteiger partial charge is 0.0677 e. The molecule has 1 saturated heterocycles. The lowest BCUT2D eigenvalue weighted by molar-refractivity contribution is 0.287. The molecule has 1 heterocycles. The summed E-state index contributed by atoms with van der Waals surface area (Å²) in [5.74, 6) is 0. The van der Waals surface area contributed by atoms with E-state index in [0.717, 1.165) is 29.2 Å². The van der Waals surface area contributed by atoms with Crippen molar-refractivity contribution in [2.75, 3.05) is 13.1 Å². The maximum absolute atomic E-state index is 6.18. The highest BCUT2D eigenvalue weighted by Crippen LogP contribution is 2.31. The predicted molar refractivity (Wildman–Crippen MR) is 54.9 cm³/mol. The molecule has 2 nitrogen and oxygen atoms in total. The van der Waals surface area contributed by atoms with Gasteiger partial charge in [-0.3, -0.25) is 0 Å². The first-order valence-corrected chi connectivity index (χ1v) is 4.76. The standard InChI is InChI=1S/C10H13ClN2/c1-7-3-2-4-8(9(7)11)10(12)5-13-6-10/h2-4,13H,5-6,12H2,1H3. The first kappa shape index (κ1) is 9.00. The third-order valence-corrected chi connectivity index (χ3v) is 3.11. The van der Waals surface area contributed by atoms with Crippen molar-refractivity contribution >= 4 is 11.6 Å². The zero-order valence-corrected chi connectivity index (χ0v) is 8.36. The van der Waals surface area contributed by atoms with E-state index in [-0.39, 0.29) is 5.54 Å². The summed E-state index contributed by atoms with van der Waals surface area (Å²) in [6.07, 6.45) is 0. The lowest BCUT2D eigenvalue weighted by Gasteiger charge is -2.40. The summed E-state index contributed by atoms with van der Waals surface area (Å²) >= 11 is 6.18. The minimum atomic E-state index is -0.247. The van der Waals surface area contributed by atoms with Crippen LogP contribution < -0.4 is 11.1 Å². The van der Waals surface area contributed by atoms with Crippen LogP contribution >= 0.6 is 11.6 Å². The summed E-state index contributed by atoms with van der Waals surface area (Å²) in [7, 11) is 0. The highest BCUT2D eigenvalue weighted by atomic mass is 35.5. The zero-order chi connectivity index (χ0) is 9.47. The number of halogens is 1. The van der Waals surface area contributed by atoms with E-state index in [1.807, 2.05) is 25.1 Å². The Morgan fingerprint density at radius 2 is 2.15 bits per heavy atom. The molecule has 3 N–H and O–H groups in total. The van der Waals surface area contributed by atoms with E-state index < -0.39 is 0 Å². The minimum Gasteiger partial charge on any atom is -0.319 e. The highest BCUT2D eigenvalue weighted by Gasteiger charge is 2.35. The molecule has 13 heavy (non-hydrogen) atoms. The molecule has 0 amide bonds. The van der Waals surface area contributed by atoms with Crippen LogP contribution in [0.25, 0.3) is 0 Å². The largest absolute Gasteiger partial charge is 0.319 e. The van der Waals surface area contributed by atoms with Gasteiger partial charge in [0.05, 0.1) is 5.54 Å². The Kier molecular flexibility index (Phi) is 2.06. The fraction of sp³-hybridized carbons (Fsp3) is 0.400. The van der Waals surface area contributed by atoms with Gasteiger partial charge in [0.1, 0.15) is 0 Å². The van der Waals surface area contributed by atoms with Crippen molar-refractivity contribution in [1.29, 1.82) is 0 Å². The van der Waals surface area contributed by atoms with Crippen molar-refractivity contribution < 1.29 is 0 Å². The second kappa shape index (κ2) is 2.98. The van der Waals surface area contributed by atoms with Crippen LogP contribution in [0.5, 0.6) is 0 Å². The monoisotopic (exact) mass is 196 g/mol. The molecule has 1 fully saturated rings. The van der Waals surface area contributed by atoms with Gasteiger partial charge < -0.3 is 11.1 Å². The minimum absolute atomic E-state index is 0.247. The molecule has 0 bridgehead atoms. The molecular weight excluding hydrogens is 184 g/mol. The predicted octanol–water partition coefficient (Wildman–Crippen LogP) is 1.41. The quantitative estimate of drug-likeness (QED) is 0.713. The molecule has 1 aliphatic rings. The molecule has 0 aromatic heterocycles. The Hall–Kier alpha value is -0.570. The Balaban J connectivity index is 2.45.